The van der Waals surface area contributed by atoms with E-state index in [2.05, 4.69) is 56.6 Å². The minimum absolute atomic E-state index is 0.982. The van der Waals surface area contributed by atoms with Gasteiger partial charge >= 0.3 is 0 Å². The molecule has 0 atom stereocenters. The van der Waals surface area contributed by atoms with Crippen molar-refractivity contribution in [3.63, 3.8) is 0 Å². The highest BCUT2D eigenvalue weighted by Gasteiger charge is 2.06. The average Bonchev–Trinajstić information content (AvgIpc) is 3.02. The molecule has 0 aliphatic rings. The predicted molar refractivity (Wildman–Crippen MR) is 99.0 cm³/mol. The van der Waals surface area contributed by atoms with Crippen LogP contribution < -0.4 is 10.2 Å². The highest BCUT2D eigenvalue weighted by Crippen LogP contribution is 2.30. The van der Waals surface area contributed by atoms with Crippen LogP contribution in [0.15, 0.2) is 54.2 Å². The molecule has 0 saturated carbocycles. The Labute approximate surface area is 138 Å². The lowest BCUT2D eigenvalue weighted by Gasteiger charge is -2.15. The van der Waals surface area contributed by atoms with E-state index in [1.807, 2.05) is 31.9 Å². The number of hydrogen-bond donors (Lipinski definition) is 1. The molecule has 0 bridgehead atoms. The van der Waals surface area contributed by atoms with Gasteiger partial charge in [0.1, 0.15) is 0 Å². The summed E-state index contributed by atoms with van der Waals surface area (Å²) in [5, 5.41) is 4.61. The summed E-state index contributed by atoms with van der Waals surface area (Å²) in [7, 11) is 4.08. The lowest BCUT2D eigenvalue weighted by molar-refractivity contribution is 1.13. The molecule has 5 heteroatoms. The van der Waals surface area contributed by atoms with Gasteiger partial charge in [-0.1, -0.05) is 0 Å². The Kier molecular flexibility index (Phi) is 3.35. The van der Waals surface area contributed by atoms with Crippen LogP contribution in [-0.4, -0.2) is 24.1 Å². The molecule has 2 aromatic heterocycles. The van der Waals surface area contributed by atoms with Gasteiger partial charge in [0.15, 0.2) is 0 Å². The molecule has 4 aromatic rings. The van der Waals surface area contributed by atoms with Gasteiger partial charge in [-0.2, -0.15) is 0 Å². The van der Waals surface area contributed by atoms with Crippen LogP contribution in [-0.2, 0) is 0 Å². The Hall–Kier alpha value is -2.66. The van der Waals surface area contributed by atoms with Gasteiger partial charge in [0.05, 0.1) is 21.2 Å². The fraction of sp³-hybridized carbons (Fsp3) is 0.111. The Bertz CT molecular complexity index is 991. The van der Waals surface area contributed by atoms with E-state index in [9.17, 15) is 0 Å². The van der Waals surface area contributed by atoms with Crippen molar-refractivity contribution in [3.8, 4) is 0 Å². The lowest BCUT2D eigenvalue weighted by Crippen LogP contribution is -2.08. The smallest absolute Gasteiger partial charge is 0.0832 e. The monoisotopic (exact) mass is 320 g/mol. The topological polar surface area (TPSA) is 41.1 Å². The van der Waals surface area contributed by atoms with Crippen LogP contribution in [0.25, 0.3) is 21.1 Å². The quantitative estimate of drug-likeness (QED) is 0.596. The summed E-state index contributed by atoms with van der Waals surface area (Å²) < 4.78 is 1.20. The number of nitrogens with zero attached hydrogens (tertiary/aromatic N) is 3. The second kappa shape index (κ2) is 5.52. The number of pyridine rings is 1. The molecular formula is C18H16N4S. The molecule has 0 aliphatic heterocycles. The first-order valence-corrected chi connectivity index (χ1v) is 8.25. The van der Waals surface area contributed by atoms with Crippen LogP contribution in [0.2, 0.25) is 0 Å². The van der Waals surface area contributed by atoms with Gasteiger partial charge in [0, 0.05) is 42.7 Å². The number of benzene rings is 2. The van der Waals surface area contributed by atoms with Gasteiger partial charge in [0.2, 0.25) is 0 Å². The van der Waals surface area contributed by atoms with E-state index in [1.165, 1.54) is 4.70 Å². The molecular weight excluding hydrogens is 304 g/mol. The Morgan fingerprint density at radius 3 is 2.74 bits per heavy atom. The standard InChI is InChI=1S/C18H16N4S/c1-22(2)13-4-5-15-14(10-13)16(7-8-19-15)21-12-3-6-18-17(9-12)20-11-23-18/h3-11H,1-2H3,(H,19,21). The second-order valence-electron chi connectivity index (χ2n) is 5.61. The van der Waals surface area contributed by atoms with Gasteiger partial charge in [-0.05, 0) is 42.5 Å². The van der Waals surface area contributed by atoms with Crippen molar-refractivity contribution < 1.29 is 0 Å². The molecule has 0 radical (unpaired) electrons. The summed E-state index contributed by atoms with van der Waals surface area (Å²) in [5.74, 6) is 0. The van der Waals surface area contributed by atoms with E-state index >= 15 is 0 Å². The molecule has 2 aromatic carbocycles. The average molecular weight is 320 g/mol. The largest absolute Gasteiger partial charge is 0.378 e. The Balaban J connectivity index is 1.79. The van der Waals surface area contributed by atoms with Crippen molar-refractivity contribution in [2.45, 2.75) is 0 Å². The van der Waals surface area contributed by atoms with Crippen molar-refractivity contribution in [3.05, 3.63) is 54.2 Å². The molecule has 1 N–H and O–H groups in total. The molecule has 0 saturated heterocycles. The molecule has 4 rings (SSSR count). The van der Waals surface area contributed by atoms with Gasteiger partial charge in [-0.25, -0.2) is 4.98 Å². The van der Waals surface area contributed by atoms with E-state index in [1.54, 1.807) is 11.3 Å². The van der Waals surface area contributed by atoms with E-state index in [0.29, 0.717) is 0 Å². The Morgan fingerprint density at radius 1 is 0.957 bits per heavy atom. The number of aromatic nitrogens is 2. The number of hydrogen-bond acceptors (Lipinski definition) is 5. The van der Waals surface area contributed by atoms with Crippen LogP contribution in [0.3, 0.4) is 0 Å². The third-order valence-corrected chi connectivity index (χ3v) is 4.66. The summed E-state index contributed by atoms with van der Waals surface area (Å²) in [4.78, 5) is 10.9. The van der Waals surface area contributed by atoms with Crippen LogP contribution in [0, 0.1) is 0 Å². The fourth-order valence-corrected chi connectivity index (χ4v) is 3.27. The molecule has 4 nitrogen and oxygen atoms in total. The minimum atomic E-state index is 0.982. The van der Waals surface area contributed by atoms with Gasteiger partial charge in [-0.3, -0.25) is 4.98 Å². The second-order valence-corrected chi connectivity index (χ2v) is 6.50. The van der Waals surface area contributed by atoms with E-state index in [0.717, 1.165) is 33.5 Å². The molecule has 0 amide bonds. The van der Waals surface area contributed by atoms with Gasteiger partial charge in [0.25, 0.3) is 0 Å². The highest BCUT2D eigenvalue weighted by atomic mass is 32.1. The first-order chi connectivity index (χ1) is 11.2. The van der Waals surface area contributed by atoms with E-state index < -0.39 is 0 Å². The SMILES string of the molecule is CN(C)c1ccc2nccc(Nc3ccc4scnc4c3)c2c1. The number of fused-ring (bicyclic) bond motifs is 2. The summed E-state index contributed by atoms with van der Waals surface area (Å²) in [6, 6.07) is 14.6. The summed E-state index contributed by atoms with van der Waals surface area (Å²) in [6.45, 7) is 0. The highest BCUT2D eigenvalue weighted by molar-refractivity contribution is 7.16. The van der Waals surface area contributed by atoms with Crippen LogP contribution in [0.4, 0.5) is 17.1 Å². The maximum Gasteiger partial charge on any atom is 0.0832 e. The van der Waals surface area contributed by atoms with Crippen molar-refractivity contribution >= 4 is 49.5 Å². The molecule has 114 valence electrons. The summed E-state index contributed by atoms with van der Waals surface area (Å²) in [6.07, 6.45) is 1.83. The third-order valence-electron chi connectivity index (χ3n) is 3.85. The third kappa shape index (κ3) is 2.59. The molecule has 0 unspecified atom stereocenters. The van der Waals surface area contributed by atoms with Crippen LogP contribution >= 0.6 is 11.3 Å². The summed E-state index contributed by atoms with van der Waals surface area (Å²) in [5.41, 5.74) is 7.12. The Morgan fingerprint density at radius 2 is 1.87 bits per heavy atom. The lowest BCUT2D eigenvalue weighted by atomic mass is 10.1. The minimum Gasteiger partial charge on any atom is -0.378 e. The predicted octanol–water partition coefficient (Wildman–Crippen LogP) is 4.65. The number of thiazole rings is 1. The van der Waals surface area contributed by atoms with Gasteiger partial charge in [-0.15, -0.1) is 11.3 Å². The normalized spacial score (nSPS) is 11.0. The first kappa shape index (κ1) is 14.0. The van der Waals surface area contributed by atoms with Crippen LogP contribution in [0.5, 0.6) is 0 Å². The van der Waals surface area contributed by atoms with Crippen molar-refractivity contribution in [2.24, 2.45) is 0 Å². The molecule has 2 heterocycles. The number of anilines is 3. The van der Waals surface area contributed by atoms with E-state index in [-0.39, 0.29) is 0 Å². The zero-order valence-electron chi connectivity index (χ0n) is 12.9. The molecule has 23 heavy (non-hydrogen) atoms. The zero-order valence-corrected chi connectivity index (χ0v) is 13.8. The maximum absolute atomic E-state index is 4.46. The fourth-order valence-electron chi connectivity index (χ4n) is 2.61. The number of nitrogens with one attached hydrogen (secondary N) is 1. The van der Waals surface area contributed by atoms with Crippen molar-refractivity contribution in [1.82, 2.24) is 9.97 Å². The van der Waals surface area contributed by atoms with Crippen molar-refractivity contribution in [2.75, 3.05) is 24.3 Å². The van der Waals surface area contributed by atoms with Gasteiger partial charge < -0.3 is 10.2 Å². The molecule has 0 aliphatic carbocycles. The molecule has 0 spiro atoms. The van der Waals surface area contributed by atoms with E-state index in [4.69, 9.17) is 0 Å². The zero-order chi connectivity index (χ0) is 15.8. The van der Waals surface area contributed by atoms with Crippen LogP contribution in [0.1, 0.15) is 0 Å². The maximum atomic E-state index is 4.46. The summed E-state index contributed by atoms with van der Waals surface area (Å²) >= 11 is 1.66. The molecule has 0 fully saturated rings. The van der Waals surface area contributed by atoms with Crippen molar-refractivity contribution in [1.29, 1.82) is 0 Å². The number of rotatable bonds is 3. The first-order valence-electron chi connectivity index (χ1n) is 7.37.